The zero-order valence-electron chi connectivity index (χ0n) is 20.1. The van der Waals surface area contributed by atoms with E-state index in [1.165, 1.54) is 0 Å². The summed E-state index contributed by atoms with van der Waals surface area (Å²) < 4.78 is 12.1. The first-order valence-corrected chi connectivity index (χ1v) is 12.5. The second-order valence-electron chi connectivity index (χ2n) is 9.49. The van der Waals surface area contributed by atoms with Gasteiger partial charge >= 0.3 is 5.97 Å². The lowest BCUT2D eigenvalue weighted by atomic mass is 9.92. The van der Waals surface area contributed by atoms with Gasteiger partial charge in [-0.05, 0) is 46.2 Å². The number of rotatable bonds is 5. The van der Waals surface area contributed by atoms with Gasteiger partial charge in [0, 0.05) is 17.0 Å². The summed E-state index contributed by atoms with van der Waals surface area (Å²) in [4.78, 5) is 13.7. The van der Waals surface area contributed by atoms with Crippen LogP contribution in [0, 0.1) is 5.41 Å². The van der Waals surface area contributed by atoms with Gasteiger partial charge in [0.05, 0.1) is 17.9 Å². The molecule has 1 aliphatic carbocycles. The number of alkyl halides is 1. The topological polar surface area (TPSA) is 35.5 Å². The predicted molar refractivity (Wildman–Crippen MR) is 146 cm³/mol. The molecule has 0 aromatic heterocycles. The van der Waals surface area contributed by atoms with Crippen molar-refractivity contribution in [3.8, 4) is 22.6 Å². The highest BCUT2D eigenvalue weighted by molar-refractivity contribution is 6.27. The Morgan fingerprint density at radius 1 is 0.722 bits per heavy atom. The number of halogens is 1. The Morgan fingerprint density at radius 3 is 1.86 bits per heavy atom. The van der Waals surface area contributed by atoms with Crippen molar-refractivity contribution in [2.75, 3.05) is 7.11 Å². The summed E-state index contributed by atoms with van der Waals surface area (Å²) in [6.45, 7) is 1.89. The molecule has 0 aliphatic heterocycles. The van der Waals surface area contributed by atoms with E-state index in [4.69, 9.17) is 21.1 Å². The van der Waals surface area contributed by atoms with E-state index >= 15 is 0 Å². The maximum atomic E-state index is 13.7. The van der Waals surface area contributed by atoms with E-state index in [1.807, 2.05) is 85.8 Å². The normalized spacial score (nSPS) is 20.9. The third-order valence-electron chi connectivity index (χ3n) is 7.46. The van der Waals surface area contributed by atoms with Crippen LogP contribution in [-0.2, 0) is 4.79 Å². The van der Waals surface area contributed by atoms with Crippen LogP contribution in [0.15, 0.2) is 103 Å². The number of esters is 1. The first-order chi connectivity index (χ1) is 17.5. The Kier molecular flexibility index (Phi) is 5.46. The molecule has 1 aliphatic rings. The minimum absolute atomic E-state index is 0.0936. The average Bonchev–Trinajstić information content (AvgIpc) is 3.49. The van der Waals surface area contributed by atoms with Crippen LogP contribution >= 0.6 is 11.6 Å². The fourth-order valence-electron chi connectivity index (χ4n) is 5.36. The van der Waals surface area contributed by atoms with Crippen molar-refractivity contribution in [3.05, 3.63) is 109 Å². The van der Waals surface area contributed by atoms with Crippen molar-refractivity contribution < 1.29 is 14.3 Å². The molecule has 0 spiro atoms. The first kappa shape index (κ1) is 22.6. The third kappa shape index (κ3) is 3.46. The van der Waals surface area contributed by atoms with Gasteiger partial charge in [0.1, 0.15) is 11.5 Å². The Balaban J connectivity index is 1.51. The molecule has 178 valence electrons. The summed E-state index contributed by atoms with van der Waals surface area (Å²) >= 11 is 6.71. The number of hydrogen-bond donors (Lipinski definition) is 0. The molecule has 1 saturated carbocycles. The van der Waals surface area contributed by atoms with E-state index < -0.39 is 5.41 Å². The van der Waals surface area contributed by atoms with Crippen LogP contribution in [0.3, 0.4) is 0 Å². The van der Waals surface area contributed by atoms with Crippen molar-refractivity contribution in [1.82, 2.24) is 0 Å². The standard InChI is InChI=1S/C32H25ClO3/c1-32(29(30(32)33)22-12-4-3-5-13-22)31(34)36-26-19-17-21-11-7-9-15-24(21)28(26)27-23-14-8-6-10-20(23)16-18-25(27)35-2/h3-19,29-30H,1-2H3/t29-,30+,32+/m0/s1. The lowest BCUT2D eigenvalue weighted by Gasteiger charge is -2.19. The number of fused-ring (bicyclic) bond motifs is 2. The van der Waals surface area contributed by atoms with Crippen molar-refractivity contribution in [2.45, 2.75) is 18.2 Å². The van der Waals surface area contributed by atoms with Crippen molar-refractivity contribution in [3.63, 3.8) is 0 Å². The summed E-state index contributed by atoms with van der Waals surface area (Å²) in [6.07, 6.45) is 0. The van der Waals surface area contributed by atoms with Crippen molar-refractivity contribution in [1.29, 1.82) is 0 Å². The number of carbonyl (C=O) groups is 1. The number of hydrogen-bond acceptors (Lipinski definition) is 3. The average molecular weight is 493 g/mol. The molecule has 0 unspecified atom stereocenters. The van der Waals surface area contributed by atoms with Crippen molar-refractivity contribution in [2.24, 2.45) is 5.41 Å². The van der Waals surface area contributed by atoms with Gasteiger partial charge in [-0.2, -0.15) is 0 Å². The maximum Gasteiger partial charge on any atom is 0.319 e. The molecule has 0 radical (unpaired) electrons. The molecule has 0 N–H and O–H groups in total. The van der Waals surface area contributed by atoms with E-state index in [2.05, 4.69) is 24.3 Å². The minimum Gasteiger partial charge on any atom is -0.496 e. The van der Waals surface area contributed by atoms with Crippen LogP contribution in [0.4, 0.5) is 0 Å². The van der Waals surface area contributed by atoms with Gasteiger partial charge in [-0.3, -0.25) is 4.79 Å². The van der Waals surface area contributed by atoms with Gasteiger partial charge in [0.25, 0.3) is 0 Å². The summed E-state index contributed by atoms with van der Waals surface area (Å²) in [5.74, 6) is 0.797. The Morgan fingerprint density at radius 2 is 1.25 bits per heavy atom. The molecule has 0 heterocycles. The predicted octanol–water partition coefficient (Wildman–Crippen LogP) is 7.99. The number of benzene rings is 5. The fraction of sp³-hybridized carbons (Fsp3) is 0.156. The molecule has 3 atom stereocenters. The molecule has 3 nitrogen and oxygen atoms in total. The lowest BCUT2D eigenvalue weighted by Crippen LogP contribution is -2.22. The Labute approximate surface area is 215 Å². The molecule has 6 rings (SSSR count). The highest BCUT2D eigenvalue weighted by atomic mass is 35.5. The first-order valence-electron chi connectivity index (χ1n) is 12.0. The summed E-state index contributed by atoms with van der Waals surface area (Å²) in [7, 11) is 1.66. The molecular formula is C32H25ClO3. The summed E-state index contributed by atoms with van der Waals surface area (Å²) in [6, 6.07) is 34.1. The molecule has 0 bridgehead atoms. The third-order valence-corrected chi connectivity index (χ3v) is 8.16. The van der Waals surface area contributed by atoms with E-state index in [0.29, 0.717) is 5.75 Å². The van der Waals surface area contributed by atoms with E-state index in [-0.39, 0.29) is 17.3 Å². The molecular weight excluding hydrogens is 468 g/mol. The summed E-state index contributed by atoms with van der Waals surface area (Å²) in [5, 5.41) is 3.82. The zero-order chi connectivity index (χ0) is 24.9. The lowest BCUT2D eigenvalue weighted by molar-refractivity contribution is -0.139. The largest absolute Gasteiger partial charge is 0.496 e. The van der Waals surface area contributed by atoms with E-state index in [1.54, 1.807) is 7.11 Å². The molecule has 0 amide bonds. The monoisotopic (exact) mass is 492 g/mol. The fourth-order valence-corrected chi connectivity index (χ4v) is 5.92. The van der Waals surface area contributed by atoms with Gasteiger partial charge in [-0.15, -0.1) is 11.6 Å². The smallest absolute Gasteiger partial charge is 0.319 e. The van der Waals surface area contributed by atoms with Crippen LogP contribution in [0.5, 0.6) is 11.5 Å². The second-order valence-corrected chi connectivity index (χ2v) is 9.96. The van der Waals surface area contributed by atoms with Gasteiger partial charge in [-0.1, -0.05) is 91.0 Å². The van der Waals surface area contributed by atoms with Crippen molar-refractivity contribution >= 4 is 39.1 Å². The molecule has 36 heavy (non-hydrogen) atoms. The molecule has 5 aromatic rings. The van der Waals surface area contributed by atoms with Crippen LogP contribution in [-0.4, -0.2) is 18.5 Å². The maximum absolute atomic E-state index is 13.7. The van der Waals surface area contributed by atoms with Gasteiger partial charge in [0.2, 0.25) is 0 Å². The van der Waals surface area contributed by atoms with Crippen LogP contribution < -0.4 is 9.47 Å². The van der Waals surface area contributed by atoms with Gasteiger partial charge in [0.15, 0.2) is 0 Å². The zero-order valence-corrected chi connectivity index (χ0v) is 20.8. The molecule has 0 saturated heterocycles. The number of ether oxygens (including phenoxy) is 2. The van der Waals surface area contributed by atoms with Crippen LogP contribution in [0.25, 0.3) is 32.7 Å². The molecule has 4 heteroatoms. The van der Waals surface area contributed by atoms with Gasteiger partial charge in [-0.25, -0.2) is 0 Å². The Bertz CT molecular complexity index is 1610. The second kappa shape index (κ2) is 8.69. The molecule has 1 fully saturated rings. The quantitative estimate of drug-likeness (QED) is 0.142. The highest BCUT2D eigenvalue weighted by Gasteiger charge is 2.67. The highest BCUT2D eigenvalue weighted by Crippen LogP contribution is 2.63. The van der Waals surface area contributed by atoms with E-state index in [9.17, 15) is 4.79 Å². The molecule has 5 aromatic carbocycles. The minimum atomic E-state index is -0.811. The number of carbonyl (C=O) groups excluding carboxylic acids is 1. The van der Waals surface area contributed by atoms with E-state index in [0.717, 1.165) is 44.0 Å². The SMILES string of the molecule is COc1ccc2ccccc2c1-c1c(OC(=O)[C@@]2(C)[C@H](Cl)[C@@H]2c2ccccc2)ccc2ccccc12. The summed E-state index contributed by atoms with van der Waals surface area (Å²) in [5.41, 5.74) is 1.97. The van der Waals surface area contributed by atoms with Gasteiger partial charge < -0.3 is 9.47 Å². The Hall–Kier alpha value is -3.82. The van der Waals surface area contributed by atoms with Crippen LogP contribution in [0.2, 0.25) is 0 Å². The number of methoxy groups -OCH3 is 1. The van der Waals surface area contributed by atoms with Crippen LogP contribution in [0.1, 0.15) is 18.4 Å².